The Balaban J connectivity index is 2.14. The second-order valence-electron chi connectivity index (χ2n) is 3.93. The van der Waals surface area contributed by atoms with E-state index in [0.717, 1.165) is 9.21 Å². The third kappa shape index (κ3) is 4.04. The molecule has 0 aliphatic rings. The van der Waals surface area contributed by atoms with Crippen LogP contribution in [-0.2, 0) is 11.3 Å². The molecule has 1 atom stereocenters. The van der Waals surface area contributed by atoms with Crippen molar-refractivity contribution < 1.29 is 4.74 Å². The Morgan fingerprint density at radius 2 is 2.16 bits per heavy atom. The molecule has 2 aromatic rings. The molecule has 0 saturated carbocycles. The highest BCUT2D eigenvalue weighted by atomic mass is 35.5. The second kappa shape index (κ2) is 6.52. The van der Waals surface area contributed by atoms with Gasteiger partial charge in [-0.1, -0.05) is 23.2 Å². The fourth-order valence-corrected chi connectivity index (χ4v) is 2.85. The van der Waals surface area contributed by atoms with Gasteiger partial charge in [0, 0.05) is 18.1 Å². The van der Waals surface area contributed by atoms with E-state index in [9.17, 15) is 0 Å². The molecule has 0 fully saturated rings. The van der Waals surface area contributed by atoms with Gasteiger partial charge in [0.25, 0.3) is 0 Å². The summed E-state index contributed by atoms with van der Waals surface area (Å²) in [5.41, 5.74) is 0. The molecule has 0 amide bonds. The van der Waals surface area contributed by atoms with Crippen LogP contribution in [0.5, 0.6) is 0 Å². The van der Waals surface area contributed by atoms with Crippen LogP contribution in [0.1, 0.15) is 23.7 Å². The average molecular weight is 318 g/mol. The van der Waals surface area contributed by atoms with Crippen LogP contribution in [0, 0.1) is 0 Å². The number of nitrogens with one attached hydrogen (secondary N) is 1. The van der Waals surface area contributed by atoms with Crippen molar-refractivity contribution in [1.29, 1.82) is 0 Å². The number of methoxy groups -OCH3 is 1. The summed E-state index contributed by atoms with van der Waals surface area (Å²) in [7, 11) is 1.59. The lowest BCUT2D eigenvalue weighted by Crippen LogP contribution is -2.08. The van der Waals surface area contributed by atoms with Gasteiger partial charge in [0.1, 0.15) is 17.6 Å². The lowest BCUT2D eigenvalue weighted by molar-refractivity contribution is 0.178. The van der Waals surface area contributed by atoms with E-state index in [1.54, 1.807) is 13.2 Å². The van der Waals surface area contributed by atoms with Gasteiger partial charge in [-0.25, -0.2) is 9.97 Å². The lowest BCUT2D eigenvalue weighted by atomic mass is 10.3. The van der Waals surface area contributed by atoms with E-state index in [2.05, 4.69) is 15.3 Å². The third-order valence-electron chi connectivity index (χ3n) is 2.40. The van der Waals surface area contributed by atoms with Gasteiger partial charge in [0.15, 0.2) is 5.82 Å². The fraction of sp³-hybridized carbons (Fsp3) is 0.333. The van der Waals surface area contributed by atoms with Crippen molar-refractivity contribution >= 4 is 40.4 Å². The number of rotatable bonds is 5. The predicted octanol–water partition coefficient (Wildman–Crippen LogP) is 4.16. The van der Waals surface area contributed by atoms with Crippen LogP contribution in [0.4, 0.5) is 5.82 Å². The quantitative estimate of drug-likeness (QED) is 0.841. The van der Waals surface area contributed by atoms with E-state index in [0.29, 0.717) is 23.4 Å². The van der Waals surface area contributed by atoms with Crippen LogP contribution < -0.4 is 5.32 Å². The zero-order chi connectivity index (χ0) is 13.8. The molecule has 0 aliphatic carbocycles. The third-order valence-corrected chi connectivity index (χ3v) is 4.01. The Kier molecular flexibility index (Phi) is 4.99. The Labute approximate surface area is 125 Å². The Morgan fingerprint density at radius 3 is 2.79 bits per heavy atom. The minimum Gasteiger partial charge on any atom is -0.377 e. The monoisotopic (exact) mass is 317 g/mol. The number of ether oxygens (including phenoxy) is 1. The molecule has 0 bridgehead atoms. The van der Waals surface area contributed by atoms with E-state index < -0.39 is 0 Å². The second-order valence-corrected chi connectivity index (χ2v) is 6.07. The molecule has 1 N–H and O–H groups in total. The predicted molar refractivity (Wildman–Crippen MR) is 79.1 cm³/mol. The number of anilines is 1. The van der Waals surface area contributed by atoms with Crippen LogP contribution in [0.2, 0.25) is 9.49 Å². The van der Waals surface area contributed by atoms with Crippen LogP contribution >= 0.6 is 34.5 Å². The molecule has 2 aromatic heterocycles. The van der Waals surface area contributed by atoms with Crippen LogP contribution in [0.15, 0.2) is 18.2 Å². The largest absolute Gasteiger partial charge is 0.377 e. The van der Waals surface area contributed by atoms with Gasteiger partial charge in [0.05, 0.1) is 10.4 Å². The summed E-state index contributed by atoms with van der Waals surface area (Å²) in [5.74, 6) is 1.22. The molecule has 4 nitrogen and oxygen atoms in total. The Bertz CT molecular complexity index is 562. The average Bonchev–Trinajstić information content (AvgIpc) is 2.75. The summed E-state index contributed by atoms with van der Waals surface area (Å²) in [5, 5.41) is 3.66. The van der Waals surface area contributed by atoms with Gasteiger partial charge in [-0.3, -0.25) is 0 Å². The van der Waals surface area contributed by atoms with Gasteiger partial charge >= 0.3 is 0 Å². The van der Waals surface area contributed by atoms with Crippen molar-refractivity contribution in [3.63, 3.8) is 0 Å². The van der Waals surface area contributed by atoms with Crippen molar-refractivity contribution in [3.05, 3.63) is 38.4 Å². The molecule has 1 unspecified atom stereocenters. The summed E-state index contributed by atoms with van der Waals surface area (Å²) in [6, 6.07) is 5.65. The number of nitrogens with zero attached hydrogens (tertiary/aromatic N) is 2. The summed E-state index contributed by atoms with van der Waals surface area (Å²) >= 11 is 13.4. The van der Waals surface area contributed by atoms with E-state index in [4.69, 9.17) is 27.9 Å². The zero-order valence-corrected chi connectivity index (χ0v) is 12.8. The number of hydrogen-bond acceptors (Lipinski definition) is 5. The first-order chi connectivity index (χ1) is 9.08. The minimum atomic E-state index is 0.0962. The summed E-state index contributed by atoms with van der Waals surface area (Å²) in [6.45, 7) is 2.36. The molecule has 102 valence electrons. The molecular formula is C12H13Cl2N3OS. The number of thiophene rings is 1. The van der Waals surface area contributed by atoms with E-state index in [1.807, 2.05) is 19.1 Å². The molecular weight excluding hydrogens is 305 g/mol. The first-order valence-corrected chi connectivity index (χ1v) is 7.20. The molecule has 2 rings (SSSR count). The van der Waals surface area contributed by atoms with Gasteiger partial charge in [-0.15, -0.1) is 11.3 Å². The van der Waals surface area contributed by atoms with Crippen molar-refractivity contribution in [2.75, 3.05) is 12.4 Å². The molecule has 2 heterocycles. The Morgan fingerprint density at radius 1 is 1.37 bits per heavy atom. The number of halogens is 2. The molecule has 0 aromatic carbocycles. The van der Waals surface area contributed by atoms with E-state index in [1.165, 1.54) is 11.3 Å². The van der Waals surface area contributed by atoms with Crippen LogP contribution in [-0.4, -0.2) is 17.1 Å². The SMILES string of the molecule is COCc1nc(Cl)cc(NC(C)c2ccc(Cl)s2)n1. The fourth-order valence-electron chi connectivity index (χ4n) is 1.59. The summed E-state index contributed by atoms with van der Waals surface area (Å²) < 4.78 is 5.77. The lowest BCUT2D eigenvalue weighted by Gasteiger charge is -2.13. The molecule has 7 heteroatoms. The van der Waals surface area contributed by atoms with Gasteiger partial charge in [-0.05, 0) is 19.1 Å². The maximum absolute atomic E-state index is 5.95. The minimum absolute atomic E-state index is 0.0962. The van der Waals surface area contributed by atoms with Gasteiger partial charge < -0.3 is 10.1 Å². The van der Waals surface area contributed by atoms with Crippen molar-refractivity contribution in [3.8, 4) is 0 Å². The molecule has 0 saturated heterocycles. The first-order valence-electron chi connectivity index (χ1n) is 5.62. The molecule has 0 radical (unpaired) electrons. The number of aromatic nitrogens is 2. The number of hydrogen-bond donors (Lipinski definition) is 1. The maximum Gasteiger partial charge on any atom is 0.158 e. The topological polar surface area (TPSA) is 47.0 Å². The molecule has 19 heavy (non-hydrogen) atoms. The van der Waals surface area contributed by atoms with Crippen molar-refractivity contribution in [1.82, 2.24) is 9.97 Å². The first kappa shape index (κ1) is 14.5. The van der Waals surface area contributed by atoms with Crippen LogP contribution in [0.3, 0.4) is 0 Å². The van der Waals surface area contributed by atoms with Crippen LogP contribution in [0.25, 0.3) is 0 Å². The highest BCUT2D eigenvalue weighted by Gasteiger charge is 2.10. The molecule has 0 aliphatic heterocycles. The summed E-state index contributed by atoms with van der Waals surface area (Å²) in [6.07, 6.45) is 0. The van der Waals surface area contributed by atoms with E-state index >= 15 is 0 Å². The van der Waals surface area contributed by atoms with Crippen molar-refractivity contribution in [2.24, 2.45) is 0 Å². The van der Waals surface area contributed by atoms with Gasteiger partial charge in [0.2, 0.25) is 0 Å². The zero-order valence-electron chi connectivity index (χ0n) is 10.5. The van der Waals surface area contributed by atoms with Gasteiger partial charge in [-0.2, -0.15) is 0 Å². The highest BCUT2D eigenvalue weighted by molar-refractivity contribution is 7.16. The normalized spacial score (nSPS) is 12.4. The Hall–Kier alpha value is -0.880. The summed E-state index contributed by atoms with van der Waals surface area (Å²) in [4.78, 5) is 9.55. The maximum atomic E-state index is 5.95. The molecule has 0 spiro atoms. The van der Waals surface area contributed by atoms with E-state index in [-0.39, 0.29) is 6.04 Å². The highest BCUT2D eigenvalue weighted by Crippen LogP contribution is 2.28. The van der Waals surface area contributed by atoms with Crippen molar-refractivity contribution in [2.45, 2.75) is 19.6 Å². The smallest absolute Gasteiger partial charge is 0.158 e. The standard InChI is InChI=1S/C12H13Cl2N3OS/c1-7(8-3-4-10(14)19-8)15-11-5-9(13)16-12(17-11)6-18-2/h3-5,7H,6H2,1-2H3,(H,15,16,17).